The number of benzene rings is 1. The van der Waals surface area contributed by atoms with Gasteiger partial charge in [-0.15, -0.1) is 0 Å². The van der Waals surface area contributed by atoms with Crippen LogP contribution in [0.4, 0.5) is 0 Å². The predicted molar refractivity (Wildman–Crippen MR) is 79.9 cm³/mol. The topological polar surface area (TPSA) is 24.5 Å². The third-order valence-electron chi connectivity index (χ3n) is 4.18. The van der Waals surface area contributed by atoms with Crippen LogP contribution in [-0.2, 0) is 6.54 Å². The fourth-order valence-electron chi connectivity index (χ4n) is 2.83. The van der Waals surface area contributed by atoms with Crippen molar-refractivity contribution in [2.24, 2.45) is 5.92 Å². The molecule has 19 heavy (non-hydrogen) atoms. The number of aryl methyl sites for hydroxylation is 2. The summed E-state index contributed by atoms with van der Waals surface area (Å²) in [5.41, 5.74) is 5.24. The van der Waals surface area contributed by atoms with Crippen LogP contribution in [0.2, 0.25) is 0 Å². The first-order valence-electron chi connectivity index (χ1n) is 7.05. The Balaban J connectivity index is 2.16. The van der Waals surface area contributed by atoms with E-state index in [4.69, 9.17) is 4.74 Å². The highest BCUT2D eigenvalue weighted by Crippen LogP contribution is 2.30. The van der Waals surface area contributed by atoms with Gasteiger partial charge in [0, 0.05) is 31.7 Å². The SMILES string of the molecule is COc1c(C)c(C)cc(C)c1CN(C)CC1CNC1. The molecular weight excluding hydrogens is 236 g/mol. The van der Waals surface area contributed by atoms with Gasteiger partial charge in [0.15, 0.2) is 0 Å². The Morgan fingerprint density at radius 2 is 1.95 bits per heavy atom. The van der Waals surface area contributed by atoms with Crippen LogP contribution in [0.5, 0.6) is 5.75 Å². The first kappa shape index (κ1) is 14.4. The summed E-state index contributed by atoms with van der Waals surface area (Å²) in [5.74, 6) is 1.87. The van der Waals surface area contributed by atoms with Crippen molar-refractivity contribution in [1.82, 2.24) is 10.2 Å². The lowest BCUT2D eigenvalue weighted by Crippen LogP contribution is -2.47. The Morgan fingerprint density at radius 3 is 2.47 bits per heavy atom. The Hall–Kier alpha value is -1.06. The summed E-state index contributed by atoms with van der Waals surface area (Å²) in [6, 6.07) is 2.27. The maximum absolute atomic E-state index is 5.64. The molecule has 0 radical (unpaired) electrons. The van der Waals surface area contributed by atoms with Gasteiger partial charge in [-0.05, 0) is 50.4 Å². The molecule has 1 N–H and O–H groups in total. The minimum absolute atomic E-state index is 0.808. The third kappa shape index (κ3) is 3.10. The van der Waals surface area contributed by atoms with Crippen LogP contribution in [0.3, 0.4) is 0 Å². The van der Waals surface area contributed by atoms with Gasteiger partial charge in [-0.3, -0.25) is 0 Å². The molecule has 106 valence electrons. The summed E-state index contributed by atoms with van der Waals surface area (Å²) >= 11 is 0. The van der Waals surface area contributed by atoms with Crippen LogP contribution in [0.1, 0.15) is 22.3 Å². The van der Waals surface area contributed by atoms with Gasteiger partial charge in [-0.1, -0.05) is 6.07 Å². The number of hydrogen-bond acceptors (Lipinski definition) is 3. The molecule has 0 aromatic heterocycles. The van der Waals surface area contributed by atoms with Crippen LogP contribution in [-0.4, -0.2) is 38.7 Å². The minimum Gasteiger partial charge on any atom is -0.496 e. The van der Waals surface area contributed by atoms with E-state index in [1.165, 1.54) is 22.3 Å². The summed E-state index contributed by atoms with van der Waals surface area (Å²) < 4.78 is 5.64. The van der Waals surface area contributed by atoms with E-state index in [0.717, 1.165) is 37.8 Å². The first-order valence-corrected chi connectivity index (χ1v) is 7.05. The van der Waals surface area contributed by atoms with Gasteiger partial charge >= 0.3 is 0 Å². The highest BCUT2D eigenvalue weighted by atomic mass is 16.5. The zero-order valence-electron chi connectivity index (χ0n) is 12.8. The van der Waals surface area contributed by atoms with Gasteiger partial charge in [-0.25, -0.2) is 0 Å². The average molecular weight is 262 g/mol. The molecule has 0 unspecified atom stereocenters. The second-order valence-electron chi connectivity index (χ2n) is 5.87. The van der Waals surface area contributed by atoms with Crippen LogP contribution >= 0.6 is 0 Å². The van der Waals surface area contributed by atoms with Crippen molar-refractivity contribution in [1.29, 1.82) is 0 Å². The summed E-state index contributed by atoms with van der Waals surface area (Å²) in [4.78, 5) is 2.41. The molecule has 1 aromatic rings. The van der Waals surface area contributed by atoms with Gasteiger partial charge in [0.2, 0.25) is 0 Å². The number of methoxy groups -OCH3 is 1. The van der Waals surface area contributed by atoms with Gasteiger partial charge in [0.1, 0.15) is 5.75 Å². The van der Waals surface area contributed by atoms with Gasteiger partial charge < -0.3 is 15.0 Å². The molecule has 3 nitrogen and oxygen atoms in total. The van der Waals surface area contributed by atoms with E-state index in [1.807, 2.05) is 0 Å². The zero-order valence-corrected chi connectivity index (χ0v) is 12.8. The Kier molecular flexibility index (Phi) is 4.48. The molecule has 1 fully saturated rings. The zero-order chi connectivity index (χ0) is 14.0. The van der Waals surface area contributed by atoms with Crippen molar-refractivity contribution >= 4 is 0 Å². The average Bonchev–Trinajstić information content (AvgIpc) is 2.31. The lowest BCUT2D eigenvalue weighted by atomic mass is 9.98. The number of ether oxygens (including phenoxy) is 1. The highest BCUT2D eigenvalue weighted by molar-refractivity contribution is 5.49. The highest BCUT2D eigenvalue weighted by Gasteiger charge is 2.20. The lowest BCUT2D eigenvalue weighted by Gasteiger charge is -2.32. The fourth-order valence-corrected chi connectivity index (χ4v) is 2.83. The second kappa shape index (κ2) is 5.93. The van der Waals surface area contributed by atoms with E-state index in [-0.39, 0.29) is 0 Å². The number of nitrogens with one attached hydrogen (secondary N) is 1. The molecule has 1 aliphatic rings. The molecule has 0 saturated carbocycles. The second-order valence-corrected chi connectivity index (χ2v) is 5.87. The summed E-state index contributed by atoms with van der Waals surface area (Å²) in [6.45, 7) is 10.9. The quantitative estimate of drug-likeness (QED) is 0.881. The maximum Gasteiger partial charge on any atom is 0.126 e. The largest absolute Gasteiger partial charge is 0.496 e. The van der Waals surface area contributed by atoms with Crippen LogP contribution in [0.25, 0.3) is 0 Å². The lowest BCUT2D eigenvalue weighted by molar-refractivity contribution is 0.216. The third-order valence-corrected chi connectivity index (χ3v) is 4.18. The van der Waals surface area contributed by atoms with Crippen LogP contribution in [0, 0.1) is 26.7 Å². The van der Waals surface area contributed by atoms with Crippen molar-refractivity contribution in [3.05, 3.63) is 28.3 Å². The van der Waals surface area contributed by atoms with E-state index in [2.05, 4.69) is 44.1 Å². The Bertz CT molecular complexity index is 453. The van der Waals surface area contributed by atoms with Crippen molar-refractivity contribution in [2.75, 3.05) is 33.8 Å². The number of rotatable bonds is 5. The van der Waals surface area contributed by atoms with Crippen molar-refractivity contribution in [2.45, 2.75) is 27.3 Å². The van der Waals surface area contributed by atoms with E-state index >= 15 is 0 Å². The minimum atomic E-state index is 0.808. The summed E-state index contributed by atoms with van der Waals surface area (Å²) in [5, 5.41) is 3.33. The van der Waals surface area contributed by atoms with E-state index < -0.39 is 0 Å². The standard InChI is InChI=1S/C16H26N2O/c1-11-6-12(2)15(16(19-5)13(11)3)10-18(4)9-14-7-17-8-14/h6,14,17H,7-10H2,1-5H3. The van der Waals surface area contributed by atoms with Crippen molar-refractivity contribution < 1.29 is 4.74 Å². The summed E-state index contributed by atoms with van der Waals surface area (Å²) in [7, 11) is 3.98. The number of nitrogens with zero attached hydrogens (tertiary/aromatic N) is 1. The molecule has 0 bridgehead atoms. The molecule has 1 saturated heterocycles. The molecular formula is C16H26N2O. The smallest absolute Gasteiger partial charge is 0.126 e. The van der Waals surface area contributed by atoms with E-state index in [1.54, 1.807) is 7.11 Å². The molecule has 0 amide bonds. The van der Waals surface area contributed by atoms with E-state index in [9.17, 15) is 0 Å². The molecule has 1 heterocycles. The predicted octanol–water partition coefficient (Wildman–Crippen LogP) is 2.27. The van der Waals surface area contributed by atoms with Crippen LogP contribution < -0.4 is 10.1 Å². The molecule has 1 aliphatic heterocycles. The molecule has 0 aliphatic carbocycles. The van der Waals surface area contributed by atoms with E-state index in [0.29, 0.717) is 0 Å². The molecule has 3 heteroatoms. The fraction of sp³-hybridized carbons (Fsp3) is 0.625. The van der Waals surface area contributed by atoms with Gasteiger partial charge in [-0.2, -0.15) is 0 Å². The van der Waals surface area contributed by atoms with Crippen molar-refractivity contribution in [3.8, 4) is 5.75 Å². The molecule has 0 spiro atoms. The van der Waals surface area contributed by atoms with Crippen LogP contribution in [0.15, 0.2) is 6.07 Å². The monoisotopic (exact) mass is 262 g/mol. The maximum atomic E-state index is 5.64. The van der Waals surface area contributed by atoms with Gasteiger partial charge in [0.25, 0.3) is 0 Å². The Labute approximate surface area is 116 Å². The molecule has 0 atom stereocenters. The van der Waals surface area contributed by atoms with Gasteiger partial charge in [0.05, 0.1) is 7.11 Å². The molecule has 1 aromatic carbocycles. The summed E-state index contributed by atoms with van der Waals surface area (Å²) in [6.07, 6.45) is 0. The number of hydrogen-bond donors (Lipinski definition) is 1. The Morgan fingerprint density at radius 1 is 1.26 bits per heavy atom. The normalized spacial score (nSPS) is 15.7. The van der Waals surface area contributed by atoms with Crippen molar-refractivity contribution in [3.63, 3.8) is 0 Å². The molecule has 2 rings (SSSR count). The first-order chi connectivity index (χ1) is 9.02.